The lowest BCUT2D eigenvalue weighted by molar-refractivity contribution is -0.143. The third kappa shape index (κ3) is 6.08. The number of aliphatic carboxylic acids is 1. The van der Waals surface area contributed by atoms with Gasteiger partial charge in [-0.1, -0.05) is 20.8 Å². The average Bonchev–Trinajstić information content (AvgIpc) is 2.23. The van der Waals surface area contributed by atoms with Gasteiger partial charge in [-0.15, -0.1) is 0 Å². The Balaban J connectivity index is 4.57. The highest BCUT2D eigenvalue weighted by Gasteiger charge is 2.33. The molecular weight excluding hydrogens is 252 g/mol. The lowest BCUT2D eigenvalue weighted by Gasteiger charge is -2.29. The SMILES string of the molecule is CCOC(=O)CN(C)C(=O)NC(C(=O)O)C(C)(C)C. The van der Waals surface area contributed by atoms with Crippen LogP contribution in [0, 0.1) is 5.41 Å². The summed E-state index contributed by atoms with van der Waals surface area (Å²) in [5, 5.41) is 11.5. The largest absolute Gasteiger partial charge is 0.480 e. The van der Waals surface area contributed by atoms with Crippen LogP contribution in [0.1, 0.15) is 27.7 Å². The van der Waals surface area contributed by atoms with E-state index >= 15 is 0 Å². The van der Waals surface area contributed by atoms with Gasteiger partial charge in [0, 0.05) is 7.05 Å². The lowest BCUT2D eigenvalue weighted by Crippen LogP contribution is -2.53. The second-order valence-corrected chi connectivity index (χ2v) is 5.25. The van der Waals surface area contributed by atoms with Crippen molar-refractivity contribution in [2.45, 2.75) is 33.7 Å². The molecule has 2 amide bonds. The number of nitrogens with zero attached hydrogens (tertiary/aromatic N) is 1. The summed E-state index contributed by atoms with van der Waals surface area (Å²) in [4.78, 5) is 35.2. The van der Waals surface area contributed by atoms with Gasteiger partial charge in [0.15, 0.2) is 0 Å². The maximum absolute atomic E-state index is 11.8. The first-order chi connectivity index (χ1) is 8.59. The number of carboxylic acid groups (broad SMARTS) is 1. The van der Waals surface area contributed by atoms with Crippen LogP contribution in [0.4, 0.5) is 4.79 Å². The van der Waals surface area contributed by atoms with Crippen LogP contribution in [0.25, 0.3) is 0 Å². The Bertz CT molecular complexity index is 349. The fraction of sp³-hybridized carbons (Fsp3) is 0.750. The number of amides is 2. The van der Waals surface area contributed by atoms with Gasteiger partial charge in [0.05, 0.1) is 6.61 Å². The van der Waals surface area contributed by atoms with Gasteiger partial charge in [-0.25, -0.2) is 9.59 Å². The number of nitrogens with one attached hydrogen (secondary N) is 1. The van der Waals surface area contributed by atoms with Crippen molar-refractivity contribution in [1.82, 2.24) is 10.2 Å². The van der Waals surface area contributed by atoms with E-state index in [1.54, 1.807) is 27.7 Å². The molecule has 0 aliphatic heterocycles. The molecule has 0 bridgehead atoms. The Hall–Kier alpha value is -1.79. The maximum atomic E-state index is 11.8. The average molecular weight is 274 g/mol. The number of hydrogen-bond donors (Lipinski definition) is 2. The molecule has 0 heterocycles. The predicted molar refractivity (Wildman–Crippen MR) is 68.7 cm³/mol. The Morgan fingerprint density at radius 3 is 2.21 bits per heavy atom. The van der Waals surface area contributed by atoms with Crippen molar-refractivity contribution < 1.29 is 24.2 Å². The van der Waals surface area contributed by atoms with Crippen molar-refractivity contribution in [3.8, 4) is 0 Å². The number of ether oxygens (including phenoxy) is 1. The minimum absolute atomic E-state index is 0.226. The molecule has 0 aromatic carbocycles. The number of hydrogen-bond acceptors (Lipinski definition) is 4. The minimum Gasteiger partial charge on any atom is -0.480 e. The van der Waals surface area contributed by atoms with E-state index in [9.17, 15) is 14.4 Å². The van der Waals surface area contributed by atoms with E-state index in [1.807, 2.05) is 0 Å². The zero-order chi connectivity index (χ0) is 15.2. The number of urea groups is 1. The van der Waals surface area contributed by atoms with Crippen LogP contribution in [0.5, 0.6) is 0 Å². The zero-order valence-electron chi connectivity index (χ0n) is 12.0. The van der Waals surface area contributed by atoms with Crippen LogP contribution >= 0.6 is 0 Å². The molecule has 0 aromatic rings. The summed E-state index contributed by atoms with van der Waals surface area (Å²) in [6.07, 6.45) is 0. The quantitative estimate of drug-likeness (QED) is 0.719. The molecule has 0 saturated heterocycles. The van der Waals surface area contributed by atoms with Gasteiger partial charge in [0.25, 0.3) is 0 Å². The molecule has 0 fully saturated rings. The van der Waals surface area contributed by atoms with Crippen molar-refractivity contribution in [2.24, 2.45) is 5.41 Å². The fourth-order valence-corrected chi connectivity index (χ4v) is 1.35. The van der Waals surface area contributed by atoms with Crippen molar-refractivity contribution in [2.75, 3.05) is 20.2 Å². The summed E-state index contributed by atoms with van der Waals surface area (Å²) < 4.78 is 4.71. The second-order valence-electron chi connectivity index (χ2n) is 5.25. The lowest BCUT2D eigenvalue weighted by atomic mass is 9.87. The number of carbonyl (C=O) groups is 3. The van der Waals surface area contributed by atoms with Crippen LogP contribution in [0.15, 0.2) is 0 Å². The van der Waals surface area contributed by atoms with Gasteiger partial charge in [0.1, 0.15) is 12.6 Å². The van der Waals surface area contributed by atoms with E-state index in [-0.39, 0.29) is 13.2 Å². The first kappa shape index (κ1) is 17.2. The zero-order valence-corrected chi connectivity index (χ0v) is 12.0. The third-order valence-electron chi connectivity index (χ3n) is 2.40. The Labute approximate surface area is 112 Å². The monoisotopic (exact) mass is 274 g/mol. The van der Waals surface area contributed by atoms with Crippen LogP contribution in [0.3, 0.4) is 0 Å². The topological polar surface area (TPSA) is 95.9 Å². The molecule has 0 rings (SSSR count). The van der Waals surface area contributed by atoms with Crippen LogP contribution in [-0.4, -0.2) is 54.2 Å². The number of esters is 1. The highest BCUT2D eigenvalue weighted by Crippen LogP contribution is 2.19. The van der Waals surface area contributed by atoms with Crippen molar-refractivity contribution >= 4 is 18.0 Å². The van der Waals surface area contributed by atoms with Gasteiger partial charge >= 0.3 is 18.0 Å². The van der Waals surface area contributed by atoms with Gasteiger partial charge in [0.2, 0.25) is 0 Å². The van der Waals surface area contributed by atoms with Crippen molar-refractivity contribution in [3.05, 3.63) is 0 Å². The summed E-state index contributed by atoms with van der Waals surface area (Å²) in [5.41, 5.74) is -0.633. The molecule has 0 aliphatic rings. The molecule has 7 nitrogen and oxygen atoms in total. The molecule has 0 aliphatic carbocycles. The van der Waals surface area contributed by atoms with Gasteiger partial charge < -0.3 is 20.1 Å². The Morgan fingerprint density at radius 1 is 1.32 bits per heavy atom. The first-order valence-corrected chi connectivity index (χ1v) is 5.99. The van der Waals surface area contributed by atoms with E-state index in [0.29, 0.717) is 0 Å². The van der Waals surface area contributed by atoms with Crippen LogP contribution in [0.2, 0.25) is 0 Å². The fourth-order valence-electron chi connectivity index (χ4n) is 1.35. The summed E-state index contributed by atoms with van der Waals surface area (Å²) >= 11 is 0. The van der Waals surface area contributed by atoms with E-state index in [4.69, 9.17) is 9.84 Å². The highest BCUT2D eigenvalue weighted by molar-refractivity contribution is 5.85. The molecule has 1 atom stereocenters. The third-order valence-corrected chi connectivity index (χ3v) is 2.40. The molecule has 110 valence electrons. The molecule has 19 heavy (non-hydrogen) atoms. The standard InChI is InChI=1S/C12H22N2O5/c1-6-19-8(15)7-14(5)11(18)13-9(10(16)17)12(2,3)4/h9H,6-7H2,1-5H3,(H,13,18)(H,16,17). The molecule has 0 aromatic heterocycles. The van der Waals surface area contributed by atoms with E-state index in [0.717, 1.165) is 4.90 Å². The first-order valence-electron chi connectivity index (χ1n) is 5.99. The second kappa shape index (κ2) is 6.96. The minimum atomic E-state index is -1.12. The Kier molecular flexibility index (Phi) is 6.31. The summed E-state index contributed by atoms with van der Waals surface area (Å²) in [6.45, 7) is 6.79. The molecule has 0 spiro atoms. The number of rotatable bonds is 5. The normalized spacial score (nSPS) is 12.5. The Morgan fingerprint density at radius 2 is 1.84 bits per heavy atom. The summed E-state index contributed by atoms with van der Waals surface area (Å²) in [7, 11) is 1.40. The highest BCUT2D eigenvalue weighted by atomic mass is 16.5. The number of carboxylic acids is 1. The smallest absolute Gasteiger partial charge is 0.326 e. The number of carbonyl (C=O) groups excluding carboxylic acids is 2. The van der Waals surface area contributed by atoms with E-state index in [2.05, 4.69) is 5.32 Å². The molecule has 2 N–H and O–H groups in total. The van der Waals surface area contributed by atoms with Crippen LogP contribution < -0.4 is 5.32 Å². The molecule has 0 radical (unpaired) electrons. The summed E-state index contributed by atoms with van der Waals surface area (Å²) in [6, 6.07) is -1.67. The molecular formula is C12H22N2O5. The van der Waals surface area contributed by atoms with Gasteiger partial charge in [-0.3, -0.25) is 4.79 Å². The summed E-state index contributed by atoms with van der Waals surface area (Å²) in [5.74, 6) is -1.66. The number of likely N-dealkylation sites (N-methyl/N-ethyl adjacent to an activating group) is 1. The van der Waals surface area contributed by atoms with Gasteiger partial charge in [-0.05, 0) is 12.3 Å². The molecule has 7 heteroatoms. The van der Waals surface area contributed by atoms with Crippen molar-refractivity contribution in [3.63, 3.8) is 0 Å². The van der Waals surface area contributed by atoms with Gasteiger partial charge in [-0.2, -0.15) is 0 Å². The van der Waals surface area contributed by atoms with E-state index in [1.165, 1.54) is 7.05 Å². The van der Waals surface area contributed by atoms with E-state index < -0.39 is 29.4 Å². The maximum Gasteiger partial charge on any atom is 0.326 e. The van der Waals surface area contributed by atoms with Crippen LogP contribution in [-0.2, 0) is 14.3 Å². The predicted octanol–water partition coefficient (Wildman–Crippen LogP) is 0.690. The van der Waals surface area contributed by atoms with Crippen molar-refractivity contribution in [1.29, 1.82) is 0 Å². The molecule has 1 unspecified atom stereocenters. The molecule has 0 saturated carbocycles.